The van der Waals surface area contributed by atoms with Crippen molar-refractivity contribution in [2.75, 3.05) is 11.1 Å². The van der Waals surface area contributed by atoms with Gasteiger partial charge in [0.1, 0.15) is 12.1 Å². The van der Waals surface area contributed by atoms with Gasteiger partial charge in [-0.3, -0.25) is 0 Å². The first-order chi connectivity index (χ1) is 9.63. The number of benzene rings is 2. The number of rotatable bonds is 2. The van der Waals surface area contributed by atoms with E-state index in [4.69, 9.17) is 5.73 Å². The van der Waals surface area contributed by atoms with Gasteiger partial charge in [-0.1, -0.05) is 22.0 Å². The molecule has 0 unspecified atom stereocenters. The zero-order valence-electron chi connectivity index (χ0n) is 10.9. The van der Waals surface area contributed by atoms with Gasteiger partial charge in [0.2, 0.25) is 0 Å². The summed E-state index contributed by atoms with van der Waals surface area (Å²) in [5.41, 5.74) is 9.46. The highest BCUT2D eigenvalue weighted by atomic mass is 79.9. The van der Waals surface area contributed by atoms with Gasteiger partial charge in [-0.2, -0.15) is 0 Å². The van der Waals surface area contributed by atoms with E-state index in [1.54, 1.807) is 0 Å². The van der Waals surface area contributed by atoms with Gasteiger partial charge in [-0.15, -0.1) is 0 Å². The maximum absolute atomic E-state index is 5.78. The molecule has 0 aliphatic carbocycles. The second-order valence-corrected chi connectivity index (χ2v) is 5.44. The molecule has 4 nitrogen and oxygen atoms in total. The standard InChI is InChI=1S/C15H13BrN4/c1-9-2-4-11(7-13(9)16)20-15-12-5-3-10(17)6-14(12)18-8-19-15/h2-8H,17H2,1H3,(H,18,19,20). The van der Waals surface area contributed by atoms with Gasteiger partial charge in [0.25, 0.3) is 0 Å². The Morgan fingerprint density at radius 2 is 1.95 bits per heavy atom. The van der Waals surface area contributed by atoms with E-state index in [0.717, 1.165) is 26.9 Å². The minimum Gasteiger partial charge on any atom is -0.399 e. The van der Waals surface area contributed by atoms with Gasteiger partial charge < -0.3 is 11.1 Å². The molecule has 3 N–H and O–H groups in total. The Morgan fingerprint density at radius 1 is 1.10 bits per heavy atom. The normalized spacial score (nSPS) is 10.7. The molecule has 0 saturated carbocycles. The molecule has 1 aromatic heterocycles. The lowest BCUT2D eigenvalue weighted by Crippen LogP contribution is -1.97. The maximum Gasteiger partial charge on any atom is 0.141 e. The number of halogens is 1. The molecule has 0 amide bonds. The second-order valence-electron chi connectivity index (χ2n) is 4.59. The highest BCUT2D eigenvalue weighted by molar-refractivity contribution is 9.10. The van der Waals surface area contributed by atoms with Crippen LogP contribution in [0.25, 0.3) is 10.9 Å². The summed E-state index contributed by atoms with van der Waals surface area (Å²) in [7, 11) is 0. The molecule has 0 atom stereocenters. The van der Waals surface area contributed by atoms with Crippen molar-refractivity contribution in [2.24, 2.45) is 0 Å². The fourth-order valence-electron chi connectivity index (χ4n) is 1.98. The van der Waals surface area contributed by atoms with E-state index < -0.39 is 0 Å². The highest BCUT2D eigenvalue weighted by Gasteiger charge is 2.05. The van der Waals surface area contributed by atoms with Crippen LogP contribution in [0.2, 0.25) is 0 Å². The summed E-state index contributed by atoms with van der Waals surface area (Å²) in [6.07, 6.45) is 1.54. The summed E-state index contributed by atoms with van der Waals surface area (Å²) >= 11 is 3.53. The Hall–Kier alpha value is -2.14. The molecule has 0 aliphatic heterocycles. The van der Waals surface area contributed by atoms with Crippen LogP contribution >= 0.6 is 15.9 Å². The van der Waals surface area contributed by atoms with Crippen molar-refractivity contribution in [2.45, 2.75) is 6.92 Å². The Labute approximate surface area is 125 Å². The number of aryl methyl sites for hydroxylation is 1. The first-order valence-electron chi connectivity index (χ1n) is 6.17. The summed E-state index contributed by atoms with van der Waals surface area (Å²) in [6.45, 7) is 2.05. The van der Waals surface area contributed by atoms with Crippen molar-refractivity contribution < 1.29 is 0 Å². The summed E-state index contributed by atoms with van der Waals surface area (Å²) in [4.78, 5) is 8.54. The molecule has 0 spiro atoms. The third-order valence-electron chi connectivity index (χ3n) is 3.10. The van der Waals surface area contributed by atoms with Crippen LogP contribution in [-0.4, -0.2) is 9.97 Å². The third kappa shape index (κ3) is 2.44. The number of anilines is 3. The van der Waals surface area contributed by atoms with Crippen LogP contribution in [0.1, 0.15) is 5.56 Å². The van der Waals surface area contributed by atoms with Crippen molar-refractivity contribution in [3.63, 3.8) is 0 Å². The SMILES string of the molecule is Cc1ccc(Nc2ncnc3cc(N)ccc23)cc1Br. The monoisotopic (exact) mass is 328 g/mol. The average molecular weight is 329 g/mol. The minimum absolute atomic E-state index is 0.695. The molecule has 5 heteroatoms. The fraction of sp³-hybridized carbons (Fsp3) is 0.0667. The lowest BCUT2D eigenvalue weighted by Gasteiger charge is -2.09. The van der Waals surface area contributed by atoms with Gasteiger partial charge in [0.05, 0.1) is 5.52 Å². The number of aromatic nitrogens is 2. The predicted octanol–water partition coefficient (Wildman–Crippen LogP) is 4.03. The van der Waals surface area contributed by atoms with Gasteiger partial charge in [0.15, 0.2) is 0 Å². The van der Waals surface area contributed by atoms with Crippen molar-refractivity contribution in [3.05, 3.63) is 52.8 Å². The summed E-state index contributed by atoms with van der Waals surface area (Å²) in [5, 5.41) is 4.26. The van der Waals surface area contributed by atoms with E-state index in [1.165, 1.54) is 11.9 Å². The summed E-state index contributed by atoms with van der Waals surface area (Å²) in [5.74, 6) is 0.769. The van der Waals surface area contributed by atoms with Crippen molar-refractivity contribution in [1.82, 2.24) is 9.97 Å². The molecule has 0 bridgehead atoms. The topological polar surface area (TPSA) is 63.8 Å². The average Bonchev–Trinajstić information content (AvgIpc) is 2.43. The number of nitrogen functional groups attached to an aromatic ring is 1. The van der Waals surface area contributed by atoms with Crippen LogP contribution < -0.4 is 11.1 Å². The van der Waals surface area contributed by atoms with Crippen LogP contribution in [0.15, 0.2) is 47.2 Å². The van der Waals surface area contributed by atoms with E-state index in [0.29, 0.717) is 5.69 Å². The van der Waals surface area contributed by atoms with E-state index >= 15 is 0 Å². The molecule has 20 heavy (non-hydrogen) atoms. The zero-order chi connectivity index (χ0) is 14.1. The molecule has 1 heterocycles. The fourth-order valence-corrected chi connectivity index (χ4v) is 2.36. The molecule has 100 valence electrons. The molecule has 0 fully saturated rings. The molecular weight excluding hydrogens is 316 g/mol. The Balaban J connectivity index is 2.04. The first-order valence-corrected chi connectivity index (χ1v) is 6.96. The number of nitrogens with zero attached hydrogens (tertiary/aromatic N) is 2. The van der Waals surface area contributed by atoms with Crippen molar-refractivity contribution in [1.29, 1.82) is 0 Å². The maximum atomic E-state index is 5.78. The van der Waals surface area contributed by atoms with E-state index in [2.05, 4.69) is 38.1 Å². The minimum atomic E-state index is 0.695. The lowest BCUT2D eigenvalue weighted by molar-refractivity contribution is 1.22. The molecule has 0 saturated heterocycles. The Kier molecular flexibility index (Phi) is 3.28. The number of nitrogens with one attached hydrogen (secondary N) is 1. The first kappa shape index (κ1) is 12.9. The van der Waals surface area contributed by atoms with Gasteiger partial charge >= 0.3 is 0 Å². The van der Waals surface area contributed by atoms with Crippen LogP contribution in [-0.2, 0) is 0 Å². The Morgan fingerprint density at radius 3 is 2.75 bits per heavy atom. The summed E-state index contributed by atoms with van der Waals surface area (Å²) < 4.78 is 1.06. The predicted molar refractivity (Wildman–Crippen MR) is 86.1 cm³/mol. The number of fused-ring (bicyclic) bond motifs is 1. The quantitative estimate of drug-likeness (QED) is 0.697. The van der Waals surface area contributed by atoms with E-state index in [1.807, 2.05) is 36.4 Å². The Bertz CT molecular complexity index is 786. The van der Waals surface area contributed by atoms with E-state index in [-0.39, 0.29) is 0 Å². The van der Waals surface area contributed by atoms with Crippen LogP contribution in [0, 0.1) is 6.92 Å². The number of hydrogen-bond donors (Lipinski definition) is 2. The molecule has 0 radical (unpaired) electrons. The largest absolute Gasteiger partial charge is 0.399 e. The highest BCUT2D eigenvalue weighted by Crippen LogP contribution is 2.27. The van der Waals surface area contributed by atoms with Crippen molar-refractivity contribution >= 4 is 44.0 Å². The lowest BCUT2D eigenvalue weighted by atomic mass is 10.2. The molecular formula is C15H13BrN4. The number of hydrogen-bond acceptors (Lipinski definition) is 4. The summed E-state index contributed by atoms with van der Waals surface area (Å²) in [6, 6.07) is 11.7. The van der Waals surface area contributed by atoms with Gasteiger partial charge in [-0.25, -0.2) is 9.97 Å². The van der Waals surface area contributed by atoms with Gasteiger partial charge in [0, 0.05) is 21.2 Å². The smallest absolute Gasteiger partial charge is 0.141 e. The second kappa shape index (κ2) is 5.09. The number of nitrogens with two attached hydrogens (primary N) is 1. The van der Waals surface area contributed by atoms with Crippen LogP contribution in [0.4, 0.5) is 17.2 Å². The van der Waals surface area contributed by atoms with Gasteiger partial charge in [-0.05, 0) is 42.8 Å². The van der Waals surface area contributed by atoms with E-state index in [9.17, 15) is 0 Å². The van der Waals surface area contributed by atoms with Crippen molar-refractivity contribution in [3.8, 4) is 0 Å². The molecule has 2 aromatic carbocycles. The molecule has 3 rings (SSSR count). The molecule has 0 aliphatic rings. The molecule has 3 aromatic rings. The third-order valence-corrected chi connectivity index (χ3v) is 3.95. The van der Waals surface area contributed by atoms with Crippen LogP contribution in [0.5, 0.6) is 0 Å². The zero-order valence-corrected chi connectivity index (χ0v) is 12.5. The van der Waals surface area contributed by atoms with Crippen LogP contribution in [0.3, 0.4) is 0 Å².